The molecule has 0 saturated heterocycles. The molecule has 2 heteroatoms. The van der Waals surface area contributed by atoms with Gasteiger partial charge in [0.05, 0.1) is 0 Å². The second-order valence-electron chi connectivity index (χ2n) is 4.78. The van der Waals surface area contributed by atoms with E-state index in [1.54, 1.807) is 0 Å². The fraction of sp³-hybridized carbons (Fsp3) is 0.833. The number of allylic oxidation sites excluding steroid dienone is 1. The Hall–Kier alpha value is -0.340. The predicted octanol–water partition coefficient (Wildman–Crippen LogP) is 3.47. The standard InChI is InChI=1S/C12H22NO/c1-4-12(2,3)13(14)11-9-7-5-6-8-10-11/h5,7,11H,4,6,8-10H2,1-3H3/q-1. The summed E-state index contributed by atoms with van der Waals surface area (Å²) in [7, 11) is 0. The van der Waals surface area contributed by atoms with E-state index in [1.165, 1.54) is 5.06 Å². The first-order valence-electron chi connectivity index (χ1n) is 5.69. The van der Waals surface area contributed by atoms with Crippen LogP contribution in [0.1, 0.15) is 52.9 Å². The molecule has 0 spiro atoms. The summed E-state index contributed by atoms with van der Waals surface area (Å²) in [5.74, 6) is 0. The highest BCUT2D eigenvalue weighted by molar-refractivity contribution is 4.95. The molecule has 2 nitrogen and oxygen atoms in total. The third-order valence-corrected chi connectivity index (χ3v) is 3.28. The lowest BCUT2D eigenvalue weighted by molar-refractivity contribution is 0.119. The molecule has 0 amide bonds. The summed E-state index contributed by atoms with van der Waals surface area (Å²) in [6.45, 7) is 6.15. The van der Waals surface area contributed by atoms with Crippen LogP contribution in [0.5, 0.6) is 0 Å². The van der Waals surface area contributed by atoms with Crippen LogP contribution in [0, 0.1) is 5.21 Å². The molecule has 82 valence electrons. The van der Waals surface area contributed by atoms with E-state index < -0.39 is 0 Å². The SMILES string of the molecule is CCC(C)(C)N([O-])C1CC=CCCC1. The number of hydrogen-bond acceptors (Lipinski definition) is 2. The van der Waals surface area contributed by atoms with E-state index in [0.717, 1.165) is 32.1 Å². The molecule has 14 heavy (non-hydrogen) atoms. The van der Waals surface area contributed by atoms with Crippen molar-refractivity contribution in [2.24, 2.45) is 0 Å². The van der Waals surface area contributed by atoms with Crippen molar-refractivity contribution in [3.63, 3.8) is 0 Å². The average molecular weight is 196 g/mol. The maximum atomic E-state index is 12.1. The van der Waals surface area contributed by atoms with Gasteiger partial charge >= 0.3 is 0 Å². The van der Waals surface area contributed by atoms with Crippen molar-refractivity contribution in [1.82, 2.24) is 5.06 Å². The molecule has 1 rings (SSSR count). The van der Waals surface area contributed by atoms with Crippen LogP contribution >= 0.6 is 0 Å². The van der Waals surface area contributed by atoms with E-state index in [0.29, 0.717) is 0 Å². The highest BCUT2D eigenvalue weighted by Crippen LogP contribution is 2.26. The minimum absolute atomic E-state index is 0.198. The third-order valence-electron chi connectivity index (χ3n) is 3.28. The second-order valence-corrected chi connectivity index (χ2v) is 4.78. The van der Waals surface area contributed by atoms with Crippen LogP contribution in [0.4, 0.5) is 0 Å². The molecule has 1 unspecified atom stereocenters. The molecule has 0 heterocycles. The Kier molecular flexibility index (Phi) is 4.14. The van der Waals surface area contributed by atoms with E-state index in [-0.39, 0.29) is 11.6 Å². The highest BCUT2D eigenvalue weighted by Gasteiger charge is 2.23. The van der Waals surface area contributed by atoms with Crippen LogP contribution < -0.4 is 0 Å². The highest BCUT2D eigenvalue weighted by atomic mass is 16.5. The summed E-state index contributed by atoms with van der Waals surface area (Å²) in [6.07, 6.45) is 9.53. The lowest BCUT2D eigenvalue weighted by Crippen LogP contribution is -2.45. The van der Waals surface area contributed by atoms with Crippen LogP contribution in [0.25, 0.3) is 0 Å². The van der Waals surface area contributed by atoms with Gasteiger partial charge in [-0.05, 0) is 46.0 Å². The molecule has 0 aromatic heterocycles. The van der Waals surface area contributed by atoms with Crippen LogP contribution in [-0.2, 0) is 0 Å². The molecule has 1 aliphatic carbocycles. The molecule has 0 bridgehead atoms. The quantitative estimate of drug-likeness (QED) is 0.510. The Morgan fingerprint density at radius 1 is 1.43 bits per heavy atom. The van der Waals surface area contributed by atoms with E-state index in [9.17, 15) is 5.21 Å². The number of nitrogens with zero attached hydrogens (tertiary/aromatic N) is 1. The smallest absolute Gasteiger partial charge is 0.00324 e. The molecule has 0 aliphatic heterocycles. The summed E-state index contributed by atoms with van der Waals surface area (Å²) in [5.41, 5.74) is -0.206. The maximum absolute atomic E-state index is 12.1. The molecule has 0 fully saturated rings. The molecule has 1 aliphatic rings. The summed E-state index contributed by atoms with van der Waals surface area (Å²) in [4.78, 5) is 0. The van der Waals surface area contributed by atoms with E-state index in [2.05, 4.69) is 19.1 Å². The Labute approximate surface area is 87.6 Å². The van der Waals surface area contributed by atoms with Gasteiger partial charge in [0.1, 0.15) is 0 Å². The van der Waals surface area contributed by atoms with Gasteiger partial charge in [-0.3, -0.25) is 0 Å². The van der Waals surface area contributed by atoms with Crippen LogP contribution in [0.15, 0.2) is 12.2 Å². The zero-order valence-electron chi connectivity index (χ0n) is 9.62. The van der Waals surface area contributed by atoms with Crippen LogP contribution in [0.2, 0.25) is 0 Å². The fourth-order valence-electron chi connectivity index (χ4n) is 1.82. The Morgan fingerprint density at radius 3 is 2.79 bits per heavy atom. The van der Waals surface area contributed by atoms with Gasteiger partial charge in [-0.1, -0.05) is 19.1 Å². The van der Waals surface area contributed by atoms with Gasteiger partial charge in [-0.15, -0.1) is 0 Å². The molecule has 0 aromatic carbocycles. The van der Waals surface area contributed by atoms with Gasteiger partial charge in [0, 0.05) is 11.6 Å². The number of hydroxylamine groups is 2. The van der Waals surface area contributed by atoms with Gasteiger partial charge in [0.15, 0.2) is 0 Å². The molecule has 0 radical (unpaired) electrons. The van der Waals surface area contributed by atoms with E-state index in [1.807, 2.05) is 13.8 Å². The van der Waals surface area contributed by atoms with Crippen molar-refractivity contribution in [3.05, 3.63) is 17.4 Å². The average Bonchev–Trinajstić information content (AvgIpc) is 2.44. The first kappa shape index (κ1) is 11.7. The number of rotatable bonds is 3. The zero-order chi connectivity index (χ0) is 10.6. The van der Waals surface area contributed by atoms with Crippen molar-refractivity contribution in [2.45, 2.75) is 64.5 Å². The lowest BCUT2D eigenvalue weighted by Gasteiger charge is -2.49. The molecular weight excluding hydrogens is 174 g/mol. The Balaban J connectivity index is 2.58. The molecule has 0 aromatic rings. The van der Waals surface area contributed by atoms with Crippen molar-refractivity contribution < 1.29 is 0 Å². The topological polar surface area (TPSA) is 26.3 Å². The monoisotopic (exact) mass is 196 g/mol. The second kappa shape index (κ2) is 4.94. The minimum Gasteiger partial charge on any atom is -0.785 e. The van der Waals surface area contributed by atoms with Gasteiger partial charge in [-0.2, -0.15) is 0 Å². The van der Waals surface area contributed by atoms with E-state index in [4.69, 9.17) is 0 Å². The largest absolute Gasteiger partial charge is 0.785 e. The van der Waals surface area contributed by atoms with Crippen LogP contribution in [-0.4, -0.2) is 16.6 Å². The predicted molar refractivity (Wildman–Crippen MR) is 61.0 cm³/mol. The normalized spacial score (nSPS) is 23.9. The van der Waals surface area contributed by atoms with Crippen molar-refractivity contribution in [3.8, 4) is 0 Å². The molecule has 0 N–H and O–H groups in total. The minimum atomic E-state index is -0.206. The van der Waals surface area contributed by atoms with Crippen molar-refractivity contribution in [2.75, 3.05) is 0 Å². The zero-order valence-corrected chi connectivity index (χ0v) is 9.62. The van der Waals surface area contributed by atoms with E-state index >= 15 is 0 Å². The molecule has 1 atom stereocenters. The lowest BCUT2D eigenvalue weighted by atomic mass is 9.97. The number of hydrogen-bond donors (Lipinski definition) is 0. The van der Waals surface area contributed by atoms with Crippen LogP contribution in [0.3, 0.4) is 0 Å². The van der Waals surface area contributed by atoms with Gasteiger partial charge in [0.25, 0.3) is 0 Å². The summed E-state index contributed by atoms with van der Waals surface area (Å²) < 4.78 is 0. The first-order chi connectivity index (χ1) is 6.58. The van der Waals surface area contributed by atoms with Crippen molar-refractivity contribution >= 4 is 0 Å². The molecular formula is C12H22NO-. The van der Waals surface area contributed by atoms with Gasteiger partial charge in [-0.25, -0.2) is 0 Å². The summed E-state index contributed by atoms with van der Waals surface area (Å²) in [6, 6.07) is 0.198. The summed E-state index contributed by atoms with van der Waals surface area (Å²) >= 11 is 0. The Morgan fingerprint density at radius 2 is 2.14 bits per heavy atom. The third kappa shape index (κ3) is 2.82. The van der Waals surface area contributed by atoms with Gasteiger partial charge < -0.3 is 10.3 Å². The van der Waals surface area contributed by atoms with Crippen molar-refractivity contribution in [1.29, 1.82) is 0 Å². The summed E-state index contributed by atoms with van der Waals surface area (Å²) in [5, 5.41) is 13.4. The maximum Gasteiger partial charge on any atom is 0.00324 e. The first-order valence-corrected chi connectivity index (χ1v) is 5.69. The van der Waals surface area contributed by atoms with Gasteiger partial charge in [0.2, 0.25) is 0 Å². The molecule has 0 saturated carbocycles. The Bertz CT molecular complexity index is 198. The fourth-order valence-corrected chi connectivity index (χ4v) is 1.82.